The normalized spacial score (nSPS) is 21.3. The van der Waals surface area contributed by atoms with Gasteiger partial charge in [0.1, 0.15) is 5.75 Å². The second kappa shape index (κ2) is 6.67. The zero-order valence-corrected chi connectivity index (χ0v) is 13.1. The molecule has 2 atom stereocenters. The molecule has 1 aromatic rings. The molecule has 6 heteroatoms. The van der Waals surface area contributed by atoms with Gasteiger partial charge in [-0.15, -0.1) is 0 Å². The molecule has 4 nitrogen and oxygen atoms in total. The molecule has 0 heterocycles. The first-order valence-electron chi connectivity index (χ1n) is 6.84. The Kier molecular flexibility index (Phi) is 5.12. The summed E-state index contributed by atoms with van der Waals surface area (Å²) in [7, 11) is 0. The van der Waals surface area contributed by atoms with Crippen LogP contribution in [0.2, 0.25) is 10.0 Å². The quantitative estimate of drug-likeness (QED) is 0.826. The van der Waals surface area contributed by atoms with Crippen molar-refractivity contribution in [1.82, 2.24) is 0 Å². The largest absolute Gasteiger partial charge is 0.492 e. The van der Waals surface area contributed by atoms with Crippen LogP contribution in [0.25, 0.3) is 0 Å². The molecule has 0 spiro atoms. The molecule has 1 aromatic carbocycles. The lowest BCUT2D eigenvalue weighted by Gasteiger charge is -2.16. The van der Waals surface area contributed by atoms with E-state index in [0.29, 0.717) is 30.2 Å². The fourth-order valence-electron chi connectivity index (χ4n) is 2.75. The lowest BCUT2D eigenvalue weighted by atomic mass is 9.88. The number of Topliss-reactive ketones (excluding diaryl/α,β-unsaturated/α-hetero) is 1. The summed E-state index contributed by atoms with van der Waals surface area (Å²) in [6.45, 7) is 2.26. The number of carboxylic acids is 1. The topological polar surface area (TPSA) is 63.6 Å². The molecule has 0 aliphatic heterocycles. The molecule has 114 valence electrons. The molecule has 1 saturated carbocycles. The Morgan fingerprint density at radius 2 is 1.90 bits per heavy atom. The van der Waals surface area contributed by atoms with Crippen LogP contribution in [0.1, 0.15) is 36.5 Å². The van der Waals surface area contributed by atoms with Gasteiger partial charge in [-0.2, -0.15) is 0 Å². The van der Waals surface area contributed by atoms with Gasteiger partial charge in [-0.3, -0.25) is 9.59 Å². The fraction of sp³-hybridized carbons (Fsp3) is 0.467. The number of rotatable bonds is 5. The summed E-state index contributed by atoms with van der Waals surface area (Å²) in [5.74, 6) is -1.94. The number of carboxylic acid groups (broad SMARTS) is 1. The Hall–Kier alpha value is -1.26. The highest BCUT2D eigenvalue weighted by Gasteiger charge is 2.38. The van der Waals surface area contributed by atoms with Gasteiger partial charge in [0, 0.05) is 17.5 Å². The third-order valence-corrected chi connectivity index (χ3v) is 4.36. The van der Waals surface area contributed by atoms with E-state index in [1.165, 1.54) is 12.1 Å². The van der Waals surface area contributed by atoms with Gasteiger partial charge in [-0.25, -0.2) is 0 Å². The summed E-state index contributed by atoms with van der Waals surface area (Å²) in [6, 6.07) is 2.97. The van der Waals surface area contributed by atoms with Gasteiger partial charge in [-0.05, 0) is 25.8 Å². The summed E-state index contributed by atoms with van der Waals surface area (Å²) in [5.41, 5.74) is 0.267. The molecule has 0 bridgehead atoms. The number of aliphatic carboxylic acids is 1. The van der Waals surface area contributed by atoms with Crippen molar-refractivity contribution in [2.75, 3.05) is 6.61 Å². The Morgan fingerprint density at radius 3 is 2.52 bits per heavy atom. The minimum Gasteiger partial charge on any atom is -0.492 e. The molecule has 0 radical (unpaired) electrons. The Balaban J connectivity index is 2.31. The molecule has 0 aromatic heterocycles. The van der Waals surface area contributed by atoms with E-state index < -0.39 is 17.8 Å². The SMILES string of the molecule is CCOc1cc(Cl)c(C(=O)C2CCCC2C(=O)O)cc1Cl. The minimum atomic E-state index is -0.931. The number of hydrogen-bond donors (Lipinski definition) is 1. The number of carbonyl (C=O) groups is 2. The van der Waals surface area contributed by atoms with E-state index >= 15 is 0 Å². The van der Waals surface area contributed by atoms with Crippen molar-refractivity contribution in [1.29, 1.82) is 0 Å². The van der Waals surface area contributed by atoms with Gasteiger partial charge in [0.15, 0.2) is 5.78 Å². The summed E-state index contributed by atoms with van der Waals surface area (Å²) in [6.07, 6.45) is 1.82. The van der Waals surface area contributed by atoms with Gasteiger partial charge in [0.05, 0.1) is 22.6 Å². The monoisotopic (exact) mass is 330 g/mol. The minimum absolute atomic E-state index is 0.240. The molecule has 0 amide bonds. The lowest BCUT2D eigenvalue weighted by Crippen LogP contribution is -2.25. The van der Waals surface area contributed by atoms with Crippen LogP contribution >= 0.6 is 23.2 Å². The standard InChI is InChI=1S/C15H16Cl2O4/c1-2-21-13-7-11(16)10(6-12(13)17)14(18)8-4-3-5-9(8)15(19)20/h6-9H,2-5H2,1H3,(H,19,20). The van der Waals surface area contributed by atoms with Crippen molar-refractivity contribution in [3.8, 4) is 5.75 Å². The number of ketones is 1. The molecule has 2 unspecified atom stereocenters. The fourth-order valence-corrected chi connectivity index (χ4v) is 3.22. The maximum absolute atomic E-state index is 12.6. The van der Waals surface area contributed by atoms with E-state index in [9.17, 15) is 14.7 Å². The van der Waals surface area contributed by atoms with Crippen LogP contribution in [0.4, 0.5) is 0 Å². The maximum Gasteiger partial charge on any atom is 0.307 e. The van der Waals surface area contributed by atoms with Crippen LogP contribution in [0.3, 0.4) is 0 Å². The first-order chi connectivity index (χ1) is 9.95. The summed E-state index contributed by atoms with van der Waals surface area (Å²) in [5, 5.41) is 9.73. The first kappa shape index (κ1) is 16.1. The maximum atomic E-state index is 12.6. The van der Waals surface area contributed by atoms with Crippen molar-refractivity contribution in [2.45, 2.75) is 26.2 Å². The third-order valence-electron chi connectivity index (χ3n) is 3.76. The highest BCUT2D eigenvalue weighted by molar-refractivity contribution is 6.37. The van der Waals surface area contributed by atoms with Gasteiger partial charge in [-0.1, -0.05) is 29.6 Å². The predicted molar refractivity (Wildman–Crippen MR) is 80.4 cm³/mol. The van der Waals surface area contributed by atoms with Crippen molar-refractivity contribution >= 4 is 35.0 Å². The zero-order valence-electron chi connectivity index (χ0n) is 11.6. The van der Waals surface area contributed by atoms with Crippen molar-refractivity contribution in [3.05, 3.63) is 27.7 Å². The van der Waals surface area contributed by atoms with Crippen LogP contribution in [-0.2, 0) is 4.79 Å². The summed E-state index contributed by atoms with van der Waals surface area (Å²) < 4.78 is 5.32. The number of carbonyl (C=O) groups excluding carboxylic acids is 1. The van der Waals surface area contributed by atoms with Crippen LogP contribution in [-0.4, -0.2) is 23.5 Å². The van der Waals surface area contributed by atoms with E-state index in [-0.39, 0.29) is 16.4 Å². The van der Waals surface area contributed by atoms with Gasteiger partial charge < -0.3 is 9.84 Å². The molecular formula is C15H16Cl2O4. The summed E-state index contributed by atoms with van der Waals surface area (Å²) >= 11 is 12.2. The number of benzene rings is 1. The Labute approximate surface area is 133 Å². The highest BCUT2D eigenvalue weighted by Crippen LogP contribution is 2.38. The van der Waals surface area contributed by atoms with Gasteiger partial charge >= 0.3 is 5.97 Å². The van der Waals surface area contributed by atoms with Crippen molar-refractivity contribution < 1.29 is 19.4 Å². The number of hydrogen-bond acceptors (Lipinski definition) is 3. The molecule has 21 heavy (non-hydrogen) atoms. The van der Waals surface area contributed by atoms with Gasteiger partial charge in [0.2, 0.25) is 0 Å². The third kappa shape index (κ3) is 3.33. The lowest BCUT2D eigenvalue weighted by molar-refractivity contribution is -0.142. The zero-order chi connectivity index (χ0) is 15.6. The van der Waals surface area contributed by atoms with Crippen molar-refractivity contribution in [3.63, 3.8) is 0 Å². The number of halogens is 2. The smallest absolute Gasteiger partial charge is 0.307 e. The molecule has 1 N–H and O–H groups in total. The average Bonchev–Trinajstić information content (AvgIpc) is 2.91. The van der Waals surface area contributed by atoms with Gasteiger partial charge in [0.25, 0.3) is 0 Å². The van der Waals surface area contributed by atoms with E-state index in [2.05, 4.69) is 0 Å². The van der Waals surface area contributed by atoms with Crippen LogP contribution < -0.4 is 4.74 Å². The van der Waals surface area contributed by atoms with E-state index in [1.807, 2.05) is 6.92 Å². The van der Waals surface area contributed by atoms with E-state index in [1.54, 1.807) is 0 Å². The van der Waals surface area contributed by atoms with Crippen LogP contribution in [0.15, 0.2) is 12.1 Å². The number of ether oxygens (including phenoxy) is 1. The average molecular weight is 331 g/mol. The van der Waals surface area contributed by atoms with Crippen LogP contribution in [0.5, 0.6) is 5.75 Å². The molecular weight excluding hydrogens is 315 g/mol. The highest BCUT2D eigenvalue weighted by atomic mass is 35.5. The second-order valence-corrected chi connectivity index (χ2v) is 5.86. The predicted octanol–water partition coefficient (Wildman–Crippen LogP) is 4.08. The molecule has 1 fully saturated rings. The van der Waals surface area contributed by atoms with E-state index in [0.717, 1.165) is 6.42 Å². The molecule has 1 aliphatic rings. The molecule has 2 rings (SSSR count). The Bertz CT molecular complexity index is 571. The van der Waals surface area contributed by atoms with Crippen molar-refractivity contribution in [2.24, 2.45) is 11.8 Å². The summed E-state index contributed by atoms with van der Waals surface area (Å²) in [4.78, 5) is 23.8. The second-order valence-electron chi connectivity index (χ2n) is 5.04. The molecule has 1 aliphatic carbocycles. The first-order valence-corrected chi connectivity index (χ1v) is 7.60. The molecule has 0 saturated heterocycles. The van der Waals surface area contributed by atoms with E-state index in [4.69, 9.17) is 27.9 Å². The Morgan fingerprint density at radius 1 is 1.24 bits per heavy atom. The van der Waals surface area contributed by atoms with Crippen LogP contribution in [0, 0.1) is 11.8 Å².